The lowest BCUT2D eigenvalue weighted by Crippen LogP contribution is -2.23. The molecule has 0 radical (unpaired) electrons. The molecule has 1 atom stereocenters. The Hall–Kier alpha value is -1.10. The maximum Gasteiger partial charge on any atom is 0.229 e. The third kappa shape index (κ3) is 2.99. The molecule has 3 N–H and O–H groups in total. The quantitative estimate of drug-likeness (QED) is 0.800. The van der Waals surface area contributed by atoms with E-state index >= 15 is 0 Å². The predicted molar refractivity (Wildman–Crippen MR) is 57.2 cm³/mol. The van der Waals surface area contributed by atoms with Crippen molar-refractivity contribution in [1.29, 1.82) is 0 Å². The van der Waals surface area contributed by atoms with E-state index in [-0.39, 0.29) is 17.3 Å². The van der Waals surface area contributed by atoms with Gasteiger partial charge in [-0.15, -0.1) is 0 Å². The van der Waals surface area contributed by atoms with E-state index in [9.17, 15) is 0 Å². The molecule has 1 rings (SSSR count). The highest BCUT2D eigenvalue weighted by Crippen LogP contribution is 2.10. The Labute approximate surface area is 88.1 Å². The fraction of sp³-hybridized carbons (Fsp3) is 0.625. The summed E-state index contributed by atoms with van der Waals surface area (Å²) in [6.07, 6.45) is 0. The molecule has 1 aromatic rings. The largest absolute Gasteiger partial charge is 0.368 e. The van der Waals surface area contributed by atoms with Gasteiger partial charge in [0.05, 0.1) is 0 Å². The Balaban J connectivity index is 2.76. The molecule has 0 saturated carbocycles. The molecule has 0 amide bonds. The Bertz CT molecular complexity index is 294. The van der Waals surface area contributed by atoms with E-state index in [1.807, 2.05) is 6.92 Å². The van der Waals surface area contributed by atoms with Gasteiger partial charge in [-0.3, -0.25) is 0 Å². The first kappa shape index (κ1) is 11.0. The normalized spacial score (nSPS) is 12.9. The Morgan fingerprint density at radius 3 is 2.36 bits per heavy atom. The number of hydrogen-bond acceptors (Lipinski definition) is 5. The molecule has 1 unspecified atom stereocenters. The van der Waals surface area contributed by atoms with Gasteiger partial charge in [-0.1, -0.05) is 13.8 Å². The van der Waals surface area contributed by atoms with Crippen molar-refractivity contribution in [3.8, 4) is 0 Å². The van der Waals surface area contributed by atoms with Gasteiger partial charge in [-0.2, -0.15) is 15.0 Å². The second kappa shape index (κ2) is 4.41. The van der Waals surface area contributed by atoms with Crippen molar-refractivity contribution >= 4 is 23.5 Å². The van der Waals surface area contributed by atoms with Gasteiger partial charge < -0.3 is 11.1 Å². The average molecular weight is 216 g/mol. The third-order valence-electron chi connectivity index (χ3n) is 1.98. The zero-order valence-corrected chi connectivity index (χ0v) is 9.21. The van der Waals surface area contributed by atoms with Gasteiger partial charge in [0.15, 0.2) is 0 Å². The van der Waals surface area contributed by atoms with E-state index in [1.165, 1.54) is 0 Å². The van der Waals surface area contributed by atoms with Gasteiger partial charge in [0.1, 0.15) is 0 Å². The fourth-order valence-corrected chi connectivity index (χ4v) is 0.967. The Kier molecular flexibility index (Phi) is 3.46. The van der Waals surface area contributed by atoms with Crippen molar-refractivity contribution < 1.29 is 0 Å². The highest BCUT2D eigenvalue weighted by atomic mass is 35.5. The molecular weight excluding hydrogens is 202 g/mol. The molecule has 5 nitrogen and oxygen atoms in total. The van der Waals surface area contributed by atoms with E-state index in [2.05, 4.69) is 34.1 Å². The molecule has 0 bridgehead atoms. The van der Waals surface area contributed by atoms with Crippen LogP contribution in [0.3, 0.4) is 0 Å². The number of anilines is 2. The summed E-state index contributed by atoms with van der Waals surface area (Å²) in [6.45, 7) is 6.24. The van der Waals surface area contributed by atoms with Gasteiger partial charge in [0, 0.05) is 6.04 Å². The standard InChI is InChI=1S/C8H14ClN5/c1-4(2)5(3)11-8-13-6(9)12-7(10)14-8/h4-5H,1-3H3,(H3,10,11,12,13,14). The summed E-state index contributed by atoms with van der Waals surface area (Å²) in [4.78, 5) is 11.5. The molecule has 78 valence electrons. The lowest BCUT2D eigenvalue weighted by Gasteiger charge is -2.17. The van der Waals surface area contributed by atoms with E-state index in [0.29, 0.717) is 11.9 Å². The van der Waals surface area contributed by atoms with Crippen molar-refractivity contribution in [2.75, 3.05) is 11.1 Å². The number of halogens is 1. The summed E-state index contributed by atoms with van der Waals surface area (Å²) < 4.78 is 0. The molecule has 0 aromatic carbocycles. The average Bonchev–Trinajstić information content (AvgIpc) is 2.01. The smallest absolute Gasteiger partial charge is 0.229 e. The van der Waals surface area contributed by atoms with Crippen LogP contribution in [0, 0.1) is 5.92 Å². The zero-order chi connectivity index (χ0) is 10.7. The monoisotopic (exact) mass is 215 g/mol. The first-order valence-electron chi connectivity index (χ1n) is 4.42. The van der Waals surface area contributed by atoms with Crippen molar-refractivity contribution in [2.24, 2.45) is 5.92 Å². The number of rotatable bonds is 3. The summed E-state index contributed by atoms with van der Waals surface area (Å²) in [5.41, 5.74) is 5.42. The van der Waals surface area contributed by atoms with Gasteiger partial charge >= 0.3 is 0 Å². The third-order valence-corrected chi connectivity index (χ3v) is 2.15. The minimum Gasteiger partial charge on any atom is -0.368 e. The summed E-state index contributed by atoms with van der Waals surface area (Å²) in [6, 6.07) is 0.257. The molecule has 0 saturated heterocycles. The summed E-state index contributed by atoms with van der Waals surface area (Å²) in [7, 11) is 0. The van der Waals surface area contributed by atoms with Crippen molar-refractivity contribution in [1.82, 2.24) is 15.0 Å². The van der Waals surface area contributed by atoms with Gasteiger partial charge in [-0.05, 0) is 24.4 Å². The van der Waals surface area contributed by atoms with Gasteiger partial charge in [-0.25, -0.2) is 0 Å². The molecule has 0 fully saturated rings. The Morgan fingerprint density at radius 1 is 1.21 bits per heavy atom. The molecule has 1 aromatic heterocycles. The summed E-state index contributed by atoms with van der Waals surface area (Å²) in [5.74, 6) is 1.03. The zero-order valence-electron chi connectivity index (χ0n) is 8.45. The van der Waals surface area contributed by atoms with Gasteiger partial charge in [0.2, 0.25) is 17.2 Å². The lowest BCUT2D eigenvalue weighted by atomic mass is 10.1. The van der Waals surface area contributed by atoms with Crippen LogP contribution in [0.5, 0.6) is 0 Å². The van der Waals surface area contributed by atoms with E-state index in [1.54, 1.807) is 0 Å². The van der Waals surface area contributed by atoms with Crippen LogP contribution in [0.1, 0.15) is 20.8 Å². The van der Waals surface area contributed by atoms with Crippen LogP contribution < -0.4 is 11.1 Å². The van der Waals surface area contributed by atoms with Gasteiger partial charge in [0.25, 0.3) is 0 Å². The van der Waals surface area contributed by atoms with Crippen molar-refractivity contribution in [3.05, 3.63) is 5.28 Å². The predicted octanol–water partition coefficient (Wildman–Crippen LogP) is 1.56. The lowest BCUT2D eigenvalue weighted by molar-refractivity contribution is 0.556. The van der Waals surface area contributed by atoms with Crippen LogP contribution in [-0.2, 0) is 0 Å². The summed E-state index contributed by atoms with van der Waals surface area (Å²) in [5, 5.41) is 3.20. The molecule has 14 heavy (non-hydrogen) atoms. The minimum atomic E-state index is 0.107. The SMILES string of the molecule is CC(C)C(C)Nc1nc(N)nc(Cl)n1. The van der Waals surface area contributed by atoms with Crippen molar-refractivity contribution in [3.63, 3.8) is 0 Å². The molecule has 0 aliphatic carbocycles. The molecule has 0 spiro atoms. The Morgan fingerprint density at radius 2 is 1.86 bits per heavy atom. The van der Waals surface area contributed by atoms with Crippen LogP contribution in [0.2, 0.25) is 5.28 Å². The van der Waals surface area contributed by atoms with E-state index in [0.717, 1.165) is 0 Å². The number of aromatic nitrogens is 3. The van der Waals surface area contributed by atoms with Crippen LogP contribution >= 0.6 is 11.6 Å². The molecule has 0 aliphatic rings. The van der Waals surface area contributed by atoms with Crippen LogP contribution in [0.4, 0.5) is 11.9 Å². The first-order chi connectivity index (χ1) is 6.49. The molecule has 6 heteroatoms. The van der Waals surface area contributed by atoms with E-state index in [4.69, 9.17) is 17.3 Å². The number of nitrogens with one attached hydrogen (secondary N) is 1. The first-order valence-corrected chi connectivity index (χ1v) is 4.80. The van der Waals surface area contributed by atoms with Crippen molar-refractivity contribution in [2.45, 2.75) is 26.8 Å². The van der Waals surface area contributed by atoms with Crippen LogP contribution in [0.25, 0.3) is 0 Å². The highest BCUT2D eigenvalue weighted by Gasteiger charge is 2.09. The maximum atomic E-state index is 5.63. The number of nitrogens with zero attached hydrogens (tertiary/aromatic N) is 3. The molecular formula is C8H14ClN5. The second-order valence-electron chi connectivity index (χ2n) is 3.46. The minimum absolute atomic E-state index is 0.107. The topological polar surface area (TPSA) is 76.7 Å². The van der Waals surface area contributed by atoms with Crippen LogP contribution in [0.15, 0.2) is 0 Å². The number of nitrogen functional groups attached to an aromatic ring is 1. The highest BCUT2D eigenvalue weighted by molar-refractivity contribution is 6.28. The fourth-order valence-electron chi connectivity index (χ4n) is 0.800. The molecule has 1 heterocycles. The van der Waals surface area contributed by atoms with E-state index < -0.39 is 0 Å². The number of hydrogen-bond donors (Lipinski definition) is 2. The number of nitrogens with two attached hydrogens (primary N) is 1. The molecule has 0 aliphatic heterocycles. The van der Waals surface area contributed by atoms with Crippen LogP contribution in [-0.4, -0.2) is 21.0 Å². The maximum absolute atomic E-state index is 5.63. The second-order valence-corrected chi connectivity index (χ2v) is 3.80. The summed E-state index contributed by atoms with van der Waals surface area (Å²) >= 11 is 5.63.